The highest BCUT2D eigenvalue weighted by Crippen LogP contribution is 2.40. The number of nitrogens with zero attached hydrogens (tertiary/aromatic N) is 1. The van der Waals surface area contributed by atoms with E-state index in [9.17, 15) is 4.79 Å². The van der Waals surface area contributed by atoms with Gasteiger partial charge in [0.2, 0.25) is 0 Å². The van der Waals surface area contributed by atoms with Crippen molar-refractivity contribution >= 4 is 17.2 Å². The molecule has 106 valence electrons. The molecule has 0 aliphatic heterocycles. The Balaban J connectivity index is 1.72. The molecule has 2 aromatic heterocycles. The van der Waals surface area contributed by atoms with Crippen molar-refractivity contribution in [3.05, 3.63) is 39.9 Å². The van der Waals surface area contributed by atoms with Gasteiger partial charge >= 0.3 is 0 Å². The summed E-state index contributed by atoms with van der Waals surface area (Å²) in [6.45, 7) is 4.20. The topological polar surface area (TPSA) is 55.1 Å². The molecule has 1 unspecified atom stereocenters. The van der Waals surface area contributed by atoms with E-state index in [0.717, 1.165) is 18.6 Å². The fourth-order valence-electron chi connectivity index (χ4n) is 2.21. The van der Waals surface area contributed by atoms with Gasteiger partial charge in [-0.2, -0.15) is 0 Å². The predicted molar refractivity (Wildman–Crippen MR) is 77.8 cm³/mol. The van der Waals surface area contributed by atoms with Crippen molar-refractivity contribution in [2.24, 2.45) is 5.92 Å². The molecule has 1 aliphatic rings. The van der Waals surface area contributed by atoms with Crippen molar-refractivity contribution in [3.8, 4) is 0 Å². The fourth-order valence-corrected chi connectivity index (χ4v) is 3.16. The summed E-state index contributed by atoms with van der Waals surface area (Å²) in [5, 5.41) is 8.97. The number of amides is 1. The third-order valence-electron chi connectivity index (χ3n) is 3.54. The molecule has 3 rings (SSSR count). The smallest absolute Gasteiger partial charge is 0.273 e. The molecule has 1 saturated carbocycles. The lowest BCUT2D eigenvalue weighted by Gasteiger charge is -2.20. The Morgan fingerprint density at radius 1 is 1.50 bits per heavy atom. The van der Waals surface area contributed by atoms with E-state index in [1.165, 1.54) is 4.88 Å². The van der Waals surface area contributed by atoms with Crippen LogP contribution >= 0.6 is 11.3 Å². The second kappa shape index (κ2) is 5.40. The number of thiophene rings is 1. The minimum Gasteiger partial charge on any atom is -0.360 e. The maximum absolute atomic E-state index is 12.3. The molecular weight excluding hydrogens is 272 g/mol. The zero-order valence-corrected chi connectivity index (χ0v) is 12.4. The molecule has 0 saturated heterocycles. The van der Waals surface area contributed by atoms with E-state index in [2.05, 4.69) is 24.3 Å². The Morgan fingerprint density at radius 2 is 2.30 bits per heavy atom. The number of nitrogens with one attached hydrogen (secondary N) is 1. The number of carbonyl (C=O) groups excluding carboxylic acids is 1. The molecule has 0 radical (unpaired) electrons. The first-order valence-electron chi connectivity index (χ1n) is 6.96. The van der Waals surface area contributed by atoms with E-state index in [0.29, 0.717) is 17.5 Å². The summed E-state index contributed by atoms with van der Waals surface area (Å²) in [4.78, 5) is 13.4. The van der Waals surface area contributed by atoms with Crippen LogP contribution in [0.25, 0.3) is 0 Å². The highest BCUT2D eigenvalue weighted by molar-refractivity contribution is 7.10. The Bertz CT molecular complexity index is 585. The summed E-state index contributed by atoms with van der Waals surface area (Å²) in [6.07, 6.45) is 2.28. The molecule has 0 aromatic carbocycles. The molecule has 1 amide bonds. The van der Waals surface area contributed by atoms with Crippen LogP contribution in [0.15, 0.2) is 28.1 Å². The van der Waals surface area contributed by atoms with Crippen molar-refractivity contribution in [2.45, 2.75) is 38.6 Å². The standard InChI is InChI=1S/C15H18N2O2S/c1-9(2)14(13-4-3-7-20-13)16-15(18)11-8-12(19-17-11)10-5-6-10/h3-4,7-10,14H,5-6H2,1-2H3,(H,16,18). The largest absolute Gasteiger partial charge is 0.360 e. The van der Waals surface area contributed by atoms with Gasteiger partial charge in [0.1, 0.15) is 5.76 Å². The fraction of sp³-hybridized carbons (Fsp3) is 0.467. The first-order valence-corrected chi connectivity index (χ1v) is 7.84. The monoisotopic (exact) mass is 290 g/mol. The van der Waals surface area contributed by atoms with Crippen LogP contribution in [0.5, 0.6) is 0 Å². The summed E-state index contributed by atoms with van der Waals surface area (Å²) in [5.41, 5.74) is 0.383. The quantitative estimate of drug-likeness (QED) is 0.912. The average Bonchev–Trinajstić information content (AvgIpc) is 2.95. The van der Waals surface area contributed by atoms with Crippen molar-refractivity contribution < 1.29 is 9.32 Å². The molecule has 1 N–H and O–H groups in total. The average molecular weight is 290 g/mol. The van der Waals surface area contributed by atoms with Crippen LogP contribution in [0.2, 0.25) is 0 Å². The van der Waals surface area contributed by atoms with Crippen LogP contribution < -0.4 is 5.32 Å². The third kappa shape index (κ3) is 2.77. The van der Waals surface area contributed by atoms with Gasteiger partial charge in [0.15, 0.2) is 5.69 Å². The van der Waals surface area contributed by atoms with Gasteiger partial charge < -0.3 is 9.84 Å². The van der Waals surface area contributed by atoms with E-state index in [1.54, 1.807) is 17.4 Å². The highest BCUT2D eigenvalue weighted by Gasteiger charge is 2.29. The van der Waals surface area contributed by atoms with Crippen molar-refractivity contribution in [1.29, 1.82) is 0 Å². The summed E-state index contributed by atoms with van der Waals surface area (Å²) in [7, 11) is 0. The zero-order chi connectivity index (χ0) is 14.1. The van der Waals surface area contributed by atoms with Crippen LogP contribution in [-0.4, -0.2) is 11.1 Å². The van der Waals surface area contributed by atoms with E-state index in [-0.39, 0.29) is 11.9 Å². The lowest BCUT2D eigenvalue weighted by atomic mass is 10.0. The summed E-state index contributed by atoms with van der Waals surface area (Å²) >= 11 is 1.66. The van der Waals surface area contributed by atoms with Crippen LogP contribution in [0, 0.1) is 5.92 Å². The van der Waals surface area contributed by atoms with Gasteiger partial charge in [0.25, 0.3) is 5.91 Å². The number of rotatable bonds is 5. The van der Waals surface area contributed by atoms with E-state index < -0.39 is 0 Å². The number of carbonyl (C=O) groups is 1. The maximum Gasteiger partial charge on any atom is 0.273 e. The Labute approximate surface area is 122 Å². The molecule has 1 fully saturated rings. The lowest BCUT2D eigenvalue weighted by molar-refractivity contribution is 0.0917. The SMILES string of the molecule is CC(C)C(NC(=O)c1cc(C2CC2)on1)c1cccs1. The van der Waals surface area contributed by atoms with E-state index >= 15 is 0 Å². The molecule has 0 bridgehead atoms. The Kier molecular flexibility index (Phi) is 3.61. The summed E-state index contributed by atoms with van der Waals surface area (Å²) < 4.78 is 5.23. The minimum absolute atomic E-state index is 0.0172. The molecule has 20 heavy (non-hydrogen) atoms. The van der Waals surface area contributed by atoms with Crippen LogP contribution in [0.3, 0.4) is 0 Å². The maximum atomic E-state index is 12.3. The highest BCUT2D eigenvalue weighted by atomic mass is 32.1. The molecule has 2 heterocycles. The van der Waals surface area contributed by atoms with Crippen molar-refractivity contribution in [3.63, 3.8) is 0 Å². The van der Waals surface area contributed by atoms with Gasteiger partial charge in [-0.25, -0.2) is 0 Å². The molecule has 4 nitrogen and oxygen atoms in total. The number of hydrogen-bond donors (Lipinski definition) is 1. The number of hydrogen-bond acceptors (Lipinski definition) is 4. The van der Waals surface area contributed by atoms with Gasteiger partial charge in [-0.3, -0.25) is 4.79 Å². The summed E-state index contributed by atoms with van der Waals surface area (Å²) in [5.74, 6) is 1.48. The normalized spacial score (nSPS) is 16.4. The first kappa shape index (κ1) is 13.4. The Morgan fingerprint density at radius 3 is 2.90 bits per heavy atom. The van der Waals surface area contributed by atoms with Crippen molar-refractivity contribution in [2.75, 3.05) is 0 Å². The van der Waals surface area contributed by atoms with Gasteiger partial charge in [0.05, 0.1) is 6.04 Å². The Hall–Kier alpha value is -1.62. The van der Waals surface area contributed by atoms with Crippen molar-refractivity contribution in [1.82, 2.24) is 10.5 Å². The number of aromatic nitrogens is 1. The molecule has 1 aliphatic carbocycles. The van der Waals surface area contributed by atoms with Crippen LogP contribution in [-0.2, 0) is 0 Å². The first-order chi connectivity index (χ1) is 9.65. The third-order valence-corrected chi connectivity index (χ3v) is 4.50. The van der Waals surface area contributed by atoms with Crippen LogP contribution in [0.1, 0.15) is 59.8 Å². The molecule has 5 heteroatoms. The molecular formula is C15H18N2O2S. The van der Waals surface area contributed by atoms with Crippen LogP contribution in [0.4, 0.5) is 0 Å². The lowest BCUT2D eigenvalue weighted by Crippen LogP contribution is -2.31. The summed E-state index contributed by atoms with van der Waals surface area (Å²) in [6, 6.07) is 5.85. The second-order valence-electron chi connectivity index (χ2n) is 5.60. The zero-order valence-electron chi connectivity index (χ0n) is 11.6. The van der Waals surface area contributed by atoms with Gasteiger partial charge in [-0.15, -0.1) is 11.3 Å². The molecule has 0 spiro atoms. The van der Waals surface area contributed by atoms with E-state index in [1.807, 2.05) is 17.5 Å². The molecule has 2 aromatic rings. The second-order valence-corrected chi connectivity index (χ2v) is 6.58. The van der Waals surface area contributed by atoms with Gasteiger partial charge in [0, 0.05) is 16.9 Å². The molecule has 1 atom stereocenters. The van der Waals surface area contributed by atoms with Gasteiger partial charge in [-0.05, 0) is 30.2 Å². The predicted octanol–water partition coefficient (Wildman–Crippen LogP) is 3.74. The van der Waals surface area contributed by atoms with Gasteiger partial charge in [-0.1, -0.05) is 25.1 Å². The minimum atomic E-state index is -0.159. The van der Waals surface area contributed by atoms with E-state index in [4.69, 9.17) is 4.52 Å².